The van der Waals surface area contributed by atoms with Crippen LogP contribution < -0.4 is 15.8 Å². The van der Waals surface area contributed by atoms with Gasteiger partial charge in [0, 0.05) is 29.2 Å². The predicted molar refractivity (Wildman–Crippen MR) is 116 cm³/mol. The smallest absolute Gasteiger partial charge is 0.265 e. The van der Waals surface area contributed by atoms with Crippen molar-refractivity contribution >= 4 is 17.4 Å². The maximum absolute atomic E-state index is 12.0. The molecule has 0 aliphatic carbocycles. The fourth-order valence-corrected chi connectivity index (χ4v) is 2.63. The Kier molecular flexibility index (Phi) is 7.38. The highest BCUT2D eigenvalue weighted by Gasteiger charge is 2.05. The summed E-state index contributed by atoms with van der Waals surface area (Å²) in [6.07, 6.45) is 4.40. The largest absolute Gasteiger partial charge is 0.489 e. The number of carbonyl (C=O) groups is 1. The van der Waals surface area contributed by atoms with E-state index in [4.69, 9.17) is 15.3 Å². The number of rotatable bonds is 9. The zero-order chi connectivity index (χ0) is 21.2. The minimum Gasteiger partial charge on any atom is -0.489 e. The fourth-order valence-electron chi connectivity index (χ4n) is 2.63. The van der Waals surface area contributed by atoms with Gasteiger partial charge in [-0.1, -0.05) is 42.4 Å². The van der Waals surface area contributed by atoms with Crippen LogP contribution in [0.4, 0.5) is 5.69 Å². The maximum Gasteiger partial charge on any atom is 0.265 e. The van der Waals surface area contributed by atoms with Crippen LogP contribution in [0.3, 0.4) is 0 Å². The summed E-state index contributed by atoms with van der Waals surface area (Å²) in [7, 11) is 0. The molecule has 0 fully saturated rings. The molecule has 1 heterocycles. The van der Waals surface area contributed by atoms with Gasteiger partial charge in [-0.3, -0.25) is 9.78 Å². The van der Waals surface area contributed by atoms with Crippen LogP contribution >= 0.6 is 0 Å². The van der Waals surface area contributed by atoms with Crippen LogP contribution in [0, 0.1) is 0 Å². The fraction of sp³-hybridized carbons (Fsp3) is 0.174. The van der Waals surface area contributed by atoms with Gasteiger partial charge in [0.15, 0.2) is 12.4 Å². The van der Waals surface area contributed by atoms with Crippen molar-refractivity contribution in [2.24, 2.45) is 10.9 Å². The number of nitrogens with one attached hydrogen (secondary N) is 1. The Bertz CT molecular complexity index is 989. The van der Waals surface area contributed by atoms with Crippen LogP contribution in [0.15, 0.2) is 78.2 Å². The van der Waals surface area contributed by atoms with Crippen molar-refractivity contribution in [2.45, 2.75) is 20.0 Å². The molecule has 0 saturated carbocycles. The molecule has 3 rings (SSSR count). The number of aryl methyl sites for hydroxylation is 1. The lowest BCUT2D eigenvalue weighted by atomic mass is 10.1. The summed E-state index contributed by atoms with van der Waals surface area (Å²) in [5, 5.41) is 6.58. The number of carbonyl (C=O) groups excluding carboxylic acids is 1. The lowest BCUT2D eigenvalue weighted by molar-refractivity contribution is -0.120. The Morgan fingerprint density at radius 3 is 2.67 bits per heavy atom. The predicted octanol–water partition coefficient (Wildman–Crippen LogP) is 3.50. The van der Waals surface area contributed by atoms with E-state index < -0.39 is 0 Å². The van der Waals surface area contributed by atoms with Gasteiger partial charge in [0.25, 0.3) is 5.91 Å². The zero-order valence-electron chi connectivity index (χ0n) is 16.7. The third kappa shape index (κ3) is 6.34. The number of pyridine rings is 1. The molecule has 7 nitrogen and oxygen atoms in total. The molecule has 1 amide bonds. The molecule has 1 aromatic heterocycles. The van der Waals surface area contributed by atoms with E-state index in [1.165, 1.54) is 5.56 Å². The number of aromatic nitrogens is 1. The first-order valence-corrected chi connectivity index (χ1v) is 9.60. The highest BCUT2D eigenvalue weighted by atomic mass is 16.6. The quantitative estimate of drug-likeness (QED) is 0.323. The molecule has 0 unspecified atom stereocenters. The molecule has 0 bridgehead atoms. The Labute approximate surface area is 175 Å². The molecule has 0 atom stereocenters. The number of hydrogen-bond donors (Lipinski definition) is 2. The summed E-state index contributed by atoms with van der Waals surface area (Å²) in [5.41, 5.74) is 9.47. The molecular weight excluding hydrogens is 380 g/mol. The zero-order valence-corrected chi connectivity index (χ0v) is 16.7. The van der Waals surface area contributed by atoms with Crippen LogP contribution in [0.2, 0.25) is 0 Å². The van der Waals surface area contributed by atoms with E-state index >= 15 is 0 Å². The van der Waals surface area contributed by atoms with Crippen molar-refractivity contribution in [1.29, 1.82) is 0 Å². The van der Waals surface area contributed by atoms with Gasteiger partial charge >= 0.3 is 0 Å². The van der Waals surface area contributed by atoms with Crippen molar-refractivity contribution < 1.29 is 14.4 Å². The van der Waals surface area contributed by atoms with E-state index in [-0.39, 0.29) is 18.3 Å². The Balaban J connectivity index is 1.50. The van der Waals surface area contributed by atoms with E-state index in [0.717, 1.165) is 12.0 Å². The van der Waals surface area contributed by atoms with Gasteiger partial charge in [-0.15, -0.1) is 0 Å². The van der Waals surface area contributed by atoms with Gasteiger partial charge in [-0.05, 0) is 42.3 Å². The molecule has 3 N–H and O–H groups in total. The molecular formula is C23H24N4O3. The number of nitrogens with two attached hydrogens (primary N) is 1. The normalized spacial score (nSPS) is 11.0. The monoisotopic (exact) mass is 404 g/mol. The summed E-state index contributed by atoms with van der Waals surface area (Å²) in [6, 6.07) is 18.6. The number of nitrogens with zero attached hydrogens (tertiary/aromatic N) is 2. The molecule has 7 heteroatoms. The van der Waals surface area contributed by atoms with Gasteiger partial charge in [-0.25, -0.2) is 0 Å². The lowest BCUT2D eigenvalue weighted by Gasteiger charge is -2.08. The van der Waals surface area contributed by atoms with Crippen LogP contribution in [0.1, 0.15) is 23.6 Å². The first-order valence-electron chi connectivity index (χ1n) is 9.60. The molecule has 0 radical (unpaired) electrons. The number of anilines is 1. The standard InChI is InChI=1S/C23H24N4O3/c1-2-17-8-10-20(11-9-17)26-22(28)16-30-27-23(24)19-6-3-7-21(13-19)29-15-18-5-4-12-25-14-18/h3-14H,2,15-16H2,1H3,(H2,24,27)(H,26,28). The van der Waals surface area contributed by atoms with Crippen LogP contribution in [0.25, 0.3) is 0 Å². The summed E-state index contributed by atoms with van der Waals surface area (Å²) in [6.45, 7) is 2.23. The third-order valence-corrected chi connectivity index (χ3v) is 4.26. The summed E-state index contributed by atoms with van der Waals surface area (Å²) >= 11 is 0. The van der Waals surface area contributed by atoms with Crippen molar-refractivity contribution in [3.63, 3.8) is 0 Å². The third-order valence-electron chi connectivity index (χ3n) is 4.26. The van der Waals surface area contributed by atoms with E-state index in [1.807, 2.05) is 48.5 Å². The number of amides is 1. The highest BCUT2D eigenvalue weighted by Crippen LogP contribution is 2.15. The van der Waals surface area contributed by atoms with Crippen molar-refractivity contribution in [3.8, 4) is 5.75 Å². The van der Waals surface area contributed by atoms with Crippen LogP contribution in [-0.4, -0.2) is 23.3 Å². The number of oxime groups is 1. The Morgan fingerprint density at radius 2 is 1.93 bits per heavy atom. The van der Waals surface area contributed by atoms with Crippen LogP contribution in [0.5, 0.6) is 5.75 Å². The lowest BCUT2D eigenvalue weighted by Crippen LogP contribution is -2.19. The molecule has 3 aromatic rings. The molecule has 2 aromatic carbocycles. The number of ether oxygens (including phenoxy) is 1. The number of hydrogen-bond acceptors (Lipinski definition) is 5. The Hall–Kier alpha value is -3.87. The van der Waals surface area contributed by atoms with Crippen molar-refractivity contribution in [3.05, 3.63) is 89.7 Å². The average Bonchev–Trinajstić information content (AvgIpc) is 2.79. The summed E-state index contributed by atoms with van der Waals surface area (Å²) in [5.74, 6) is 0.481. The van der Waals surface area contributed by atoms with Gasteiger partial charge in [0.05, 0.1) is 0 Å². The number of benzene rings is 2. The average molecular weight is 404 g/mol. The topological polar surface area (TPSA) is 98.8 Å². The van der Waals surface area contributed by atoms with E-state index in [2.05, 4.69) is 22.4 Å². The summed E-state index contributed by atoms with van der Waals surface area (Å²) in [4.78, 5) is 21.1. The molecule has 0 spiro atoms. The van der Waals surface area contributed by atoms with Crippen LogP contribution in [-0.2, 0) is 22.7 Å². The van der Waals surface area contributed by atoms with Crippen molar-refractivity contribution in [2.75, 3.05) is 11.9 Å². The van der Waals surface area contributed by atoms with Crippen molar-refractivity contribution in [1.82, 2.24) is 4.98 Å². The second-order valence-electron chi connectivity index (χ2n) is 6.53. The Morgan fingerprint density at radius 1 is 1.10 bits per heavy atom. The molecule has 0 saturated heterocycles. The first kappa shape index (κ1) is 20.9. The number of amidine groups is 1. The second kappa shape index (κ2) is 10.6. The van der Waals surface area contributed by atoms with Gasteiger partial charge < -0.3 is 20.6 Å². The maximum atomic E-state index is 12.0. The SMILES string of the molecule is CCc1ccc(NC(=O)CO/N=C(\N)c2cccc(OCc3cccnc3)c2)cc1. The highest BCUT2D eigenvalue weighted by molar-refractivity contribution is 5.97. The minimum absolute atomic E-state index is 0.155. The van der Waals surface area contributed by atoms with Gasteiger partial charge in [0.2, 0.25) is 0 Å². The second-order valence-corrected chi connectivity index (χ2v) is 6.53. The van der Waals surface area contributed by atoms with E-state index in [0.29, 0.717) is 23.6 Å². The minimum atomic E-state index is -0.315. The summed E-state index contributed by atoms with van der Waals surface area (Å²) < 4.78 is 5.75. The molecule has 154 valence electrons. The van der Waals surface area contributed by atoms with E-state index in [1.54, 1.807) is 24.5 Å². The molecule has 30 heavy (non-hydrogen) atoms. The molecule has 0 aliphatic heterocycles. The van der Waals surface area contributed by atoms with Gasteiger partial charge in [-0.2, -0.15) is 0 Å². The first-order chi connectivity index (χ1) is 14.6. The molecule has 0 aliphatic rings. The van der Waals surface area contributed by atoms with E-state index in [9.17, 15) is 4.79 Å². The van der Waals surface area contributed by atoms with Gasteiger partial charge in [0.1, 0.15) is 12.4 Å².